The molecule has 0 radical (unpaired) electrons. The second-order valence-corrected chi connectivity index (χ2v) is 20.9. The van der Waals surface area contributed by atoms with Gasteiger partial charge < -0.3 is 69.3 Å². The van der Waals surface area contributed by atoms with Crippen molar-refractivity contribution in [3.63, 3.8) is 0 Å². The molecule has 0 aromatic heterocycles. The van der Waals surface area contributed by atoms with Crippen LogP contribution in [0.4, 0.5) is 0 Å². The Hall–Kier alpha value is -8.06. The van der Waals surface area contributed by atoms with Gasteiger partial charge >= 0.3 is 11.9 Å². The number of phenols is 1. The molecule has 9 amide bonds. The van der Waals surface area contributed by atoms with E-state index in [9.17, 15) is 68.1 Å². The van der Waals surface area contributed by atoms with E-state index in [1.165, 1.54) is 36.0 Å². The van der Waals surface area contributed by atoms with Crippen LogP contribution in [0.1, 0.15) is 82.9 Å². The molecular weight excluding hydrogens is 1060 g/mol. The van der Waals surface area contributed by atoms with E-state index in [0.717, 1.165) is 5.56 Å². The zero-order chi connectivity index (χ0) is 59.5. The third-order valence-electron chi connectivity index (χ3n) is 12.4. The Morgan fingerprint density at radius 2 is 0.950 bits per heavy atom. The molecule has 0 spiro atoms. The zero-order valence-electron chi connectivity index (χ0n) is 45.5. The molecule has 24 nitrogen and oxygen atoms in total. The van der Waals surface area contributed by atoms with Crippen LogP contribution in [-0.4, -0.2) is 147 Å². The van der Waals surface area contributed by atoms with Crippen LogP contribution in [-0.2, 0) is 72.0 Å². The Labute approximate surface area is 468 Å². The summed E-state index contributed by atoms with van der Waals surface area (Å²) in [6.45, 7) is 6.04. The molecule has 15 N–H and O–H groups in total. The van der Waals surface area contributed by atoms with Gasteiger partial charge in [-0.25, -0.2) is 4.79 Å². The van der Waals surface area contributed by atoms with Crippen molar-refractivity contribution in [2.45, 2.75) is 134 Å². The molecule has 25 heteroatoms. The topological polar surface area (TPSA) is 397 Å². The van der Waals surface area contributed by atoms with Gasteiger partial charge in [0.25, 0.3) is 0 Å². The van der Waals surface area contributed by atoms with Gasteiger partial charge in [-0.05, 0) is 84.8 Å². The Kier molecular flexibility index (Phi) is 28.2. The minimum Gasteiger partial charge on any atom is -0.508 e. The summed E-state index contributed by atoms with van der Waals surface area (Å²) in [5.41, 5.74) is 13.5. The fourth-order valence-electron chi connectivity index (χ4n) is 8.07. The lowest BCUT2D eigenvalue weighted by atomic mass is 9.99. The molecule has 80 heavy (non-hydrogen) atoms. The number of hydrogen-bond donors (Lipinski definition) is 13. The highest BCUT2D eigenvalue weighted by atomic mass is 32.2. The Bertz CT molecular complexity index is 2580. The lowest BCUT2D eigenvalue weighted by molar-refractivity contribution is -0.143. The van der Waals surface area contributed by atoms with Gasteiger partial charge in [-0.15, -0.1) is 0 Å². The molecule has 0 fully saturated rings. The number of carboxylic acids is 2. The first-order valence-electron chi connectivity index (χ1n) is 26.1. The number of aliphatic carboxylic acids is 2. The molecule has 0 heterocycles. The second kappa shape index (κ2) is 34.1. The summed E-state index contributed by atoms with van der Waals surface area (Å²) in [6.07, 6.45) is -0.322. The second-order valence-electron chi connectivity index (χ2n) is 19.9. The Balaban J connectivity index is 1.84. The van der Waals surface area contributed by atoms with Gasteiger partial charge in [0, 0.05) is 25.7 Å². The summed E-state index contributed by atoms with van der Waals surface area (Å²) >= 11 is 1.35. The lowest BCUT2D eigenvalue weighted by Crippen LogP contribution is -2.60. The average molecular weight is 1130 g/mol. The van der Waals surface area contributed by atoms with Crippen molar-refractivity contribution in [2.24, 2.45) is 23.3 Å². The average Bonchev–Trinajstić information content (AvgIpc) is 3.40. The first-order chi connectivity index (χ1) is 37.9. The number of phenolic OH excluding ortho intramolecular Hbond substituents is 1. The number of nitrogens with one attached hydrogen (secondary N) is 8. The number of nitrogens with two attached hydrogens (primary N) is 2. The highest BCUT2D eigenvalue weighted by Crippen LogP contribution is 2.15. The first-order valence-corrected chi connectivity index (χ1v) is 27.5. The van der Waals surface area contributed by atoms with Crippen LogP contribution in [0.2, 0.25) is 0 Å². The summed E-state index contributed by atoms with van der Waals surface area (Å²) in [5, 5.41) is 49.5. The predicted octanol–water partition coefficient (Wildman–Crippen LogP) is -0.0727. The van der Waals surface area contributed by atoms with Crippen LogP contribution in [0.25, 0.3) is 0 Å². The summed E-state index contributed by atoms with van der Waals surface area (Å²) < 4.78 is 0. The minimum absolute atomic E-state index is 0.0375. The van der Waals surface area contributed by atoms with Crippen LogP contribution >= 0.6 is 11.8 Å². The van der Waals surface area contributed by atoms with Crippen LogP contribution in [0.5, 0.6) is 5.75 Å². The monoisotopic (exact) mass is 1130 g/mol. The van der Waals surface area contributed by atoms with Crippen molar-refractivity contribution in [2.75, 3.05) is 18.6 Å². The van der Waals surface area contributed by atoms with E-state index in [1.54, 1.807) is 80.8 Å². The lowest BCUT2D eigenvalue weighted by Gasteiger charge is -2.27. The molecule has 0 saturated heterocycles. The fraction of sp³-hybridized carbons (Fsp3) is 0.473. The number of amides is 9. The van der Waals surface area contributed by atoms with Crippen molar-refractivity contribution in [3.05, 3.63) is 102 Å². The highest BCUT2D eigenvalue weighted by molar-refractivity contribution is 7.98. The molecule has 0 aliphatic heterocycles. The SMILES string of the molecule is CSCC[C@H](NC(=O)CNC(=O)[C@H](CCC(N)=O)NC(=O)[C@H](CCC(=O)O)NC(=O)[C@H](Cc1ccc(O)cc1)NC(=O)[C@H](CC(C)C)NC(=O)[C@@H](N)Cc1ccccc1)C(=O)N[C@@H](Cc1ccccc1)C(=O)N[C@H](C(=O)O)C(C)C. The van der Waals surface area contributed by atoms with E-state index < -0.39 is 152 Å². The highest BCUT2D eigenvalue weighted by Gasteiger charge is 2.35. The van der Waals surface area contributed by atoms with Crippen molar-refractivity contribution >= 4 is 76.9 Å². The van der Waals surface area contributed by atoms with Crippen LogP contribution < -0.4 is 54.0 Å². The first kappa shape index (κ1) is 66.2. The maximum Gasteiger partial charge on any atom is 0.326 e. The number of hydrogen-bond acceptors (Lipinski definition) is 14. The van der Waals surface area contributed by atoms with Gasteiger partial charge in [-0.2, -0.15) is 11.8 Å². The smallest absolute Gasteiger partial charge is 0.326 e. The van der Waals surface area contributed by atoms with E-state index in [4.69, 9.17) is 11.5 Å². The molecule has 0 bridgehead atoms. The molecule has 0 saturated carbocycles. The van der Waals surface area contributed by atoms with Gasteiger partial charge in [0.15, 0.2) is 0 Å². The Morgan fingerprint density at radius 3 is 1.44 bits per heavy atom. The molecule has 8 atom stereocenters. The van der Waals surface area contributed by atoms with Crippen LogP contribution in [0.15, 0.2) is 84.9 Å². The Morgan fingerprint density at radius 1 is 0.512 bits per heavy atom. The van der Waals surface area contributed by atoms with Gasteiger partial charge in [-0.3, -0.25) is 47.9 Å². The summed E-state index contributed by atoms with van der Waals surface area (Å²) in [6, 6.07) is 12.3. The number of aromatic hydroxyl groups is 1. The molecule has 3 aromatic rings. The van der Waals surface area contributed by atoms with Gasteiger partial charge in [-0.1, -0.05) is 100 Å². The molecule has 3 rings (SSSR count). The predicted molar refractivity (Wildman–Crippen MR) is 297 cm³/mol. The van der Waals surface area contributed by atoms with Gasteiger partial charge in [0.2, 0.25) is 53.2 Å². The molecule has 0 unspecified atom stereocenters. The number of carbonyl (C=O) groups is 11. The number of primary amides is 1. The van der Waals surface area contributed by atoms with E-state index in [1.807, 2.05) is 13.8 Å². The number of benzene rings is 3. The van der Waals surface area contributed by atoms with Crippen LogP contribution in [0, 0.1) is 11.8 Å². The quantitative estimate of drug-likeness (QED) is 0.0367. The summed E-state index contributed by atoms with van der Waals surface area (Å²) in [4.78, 5) is 146. The summed E-state index contributed by atoms with van der Waals surface area (Å²) in [5.74, 6) is -11.0. The fourth-order valence-corrected chi connectivity index (χ4v) is 8.54. The maximum atomic E-state index is 14.3. The summed E-state index contributed by atoms with van der Waals surface area (Å²) in [7, 11) is 0. The third kappa shape index (κ3) is 24.3. The number of thioether (sulfide) groups is 1. The molecule has 0 aliphatic rings. The molecule has 436 valence electrons. The van der Waals surface area contributed by atoms with Crippen molar-refractivity contribution in [3.8, 4) is 5.75 Å². The third-order valence-corrected chi connectivity index (χ3v) is 13.1. The number of carboxylic acid groups (broad SMARTS) is 2. The van der Waals surface area contributed by atoms with E-state index in [-0.39, 0.29) is 43.8 Å². The van der Waals surface area contributed by atoms with E-state index >= 15 is 0 Å². The van der Waals surface area contributed by atoms with Crippen molar-refractivity contribution < 1.29 is 68.1 Å². The van der Waals surface area contributed by atoms with Gasteiger partial charge in [0.1, 0.15) is 48.0 Å². The normalized spacial score (nSPS) is 14.1. The minimum atomic E-state index is -1.70. The van der Waals surface area contributed by atoms with Gasteiger partial charge in [0.05, 0.1) is 12.6 Å². The number of rotatable bonds is 35. The molecule has 3 aromatic carbocycles. The zero-order valence-corrected chi connectivity index (χ0v) is 46.3. The van der Waals surface area contributed by atoms with Crippen molar-refractivity contribution in [1.29, 1.82) is 0 Å². The molecule has 0 aliphatic carbocycles. The molecular formula is C55H76N10O14S. The maximum absolute atomic E-state index is 14.3. The standard InChI is InChI=1S/C55H76N10O14S/c1-31(2)26-41(62-48(71)37(56)27-33-12-8-6-9-13-33)52(75)64-42(29-35-16-18-36(66)19-17-35)53(76)61-39(21-23-46(69)70)50(73)60-38(20-22-44(57)67)49(72)58-30-45(68)59-40(24-25-80-5)51(74)63-43(28-34-14-10-7-11-15-34)54(77)65-47(32(3)4)55(78)79/h6-19,31-32,37-43,47,66H,20-30,56H2,1-5H3,(H2,57,67)(H,58,72)(H,59,68)(H,60,73)(H,61,76)(H,62,71)(H,63,74)(H,64,75)(H,65,77)(H,69,70)(H,78,79)/t37-,38-,39-,40-,41-,42-,43-,47-/m0/s1. The van der Waals surface area contributed by atoms with E-state index in [0.29, 0.717) is 16.9 Å². The number of carbonyl (C=O) groups excluding carboxylic acids is 9. The largest absolute Gasteiger partial charge is 0.508 e. The van der Waals surface area contributed by atoms with Crippen molar-refractivity contribution in [1.82, 2.24) is 42.5 Å². The van der Waals surface area contributed by atoms with Crippen LogP contribution in [0.3, 0.4) is 0 Å². The van der Waals surface area contributed by atoms with E-state index in [2.05, 4.69) is 42.5 Å².